The van der Waals surface area contributed by atoms with Gasteiger partial charge in [0.1, 0.15) is 29.9 Å². The first kappa shape index (κ1) is 28.8. The number of amides is 3. The fraction of sp³-hybridized carbons (Fsp3) is 0.545. The molecule has 0 radical (unpaired) electrons. The Morgan fingerprint density at radius 2 is 1.47 bits per heavy atom. The molecule has 1 aromatic rings. The van der Waals surface area contributed by atoms with Crippen LogP contribution in [0.3, 0.4) is 0 Å². The third-order valence-electron chi connectivity index (χ3n) is 5.38. The predicted molar refractivity (Wildman–Crippen MR) is 121 cm³/mol. The lowest BCUT2D eigenvalue weighted by Gasteiger charge is -2.29. The minimum atomic E-state index is -1.46. The van der Waals surface area contributed by atoms with Crippen molar-refractivity contribution in [1.29, 1.82) is 0 Å². The highest BCUT2D eigenvalue weighted by Crippen LogP contribution is 2.13. The zero-order chi connectivity index (χ0) is 26.0. The lowest BCUT2D eigenvalue weighted by atomic mass is 9.96. The topological polar surface area (TPSA) is 211 Å². The summed E-state index contributed by atoms with van der Waals surface area (Å²) in [4.78, 5) is 49.5. The Kier molecular flexibility index (Phi) is 11.4. The van der Waals surface area contributed by atoms with Gasteiger partial charge < -0.3 is 42.1 Å². The van der Waals surface area contributed by atoms with Crippen LogP contribution in [0.1, 0.15) is 32.8 Å². The van der Waals surface area contributed by atoms with Crippen LogP contribution in [0.5, 0.6) is 5.75 Å². The highest BCUT2D eigenvalue weighted by atomic mass is 16.4. The predicted octanol–water partition coefficient (Wildman–Crippen LogP) is -1.78. The molecule has 0 saturated heterocycles. The van der Waals surface area contributed by atoms with Crippen molar-refractivity contribution < 1.29 is 39.6 Å². The molecule has 0 saturated carbocycles. The van der Waals surface area contributed by atoms with Gasteiger partial charge in [-0.1, -0.05) is 32.4 Å². The van der Waals surface area contributed by atoms with Gasteiger partial charge in [-0.15, -0.1) is 0 Å². The average molecular weight is 483 g/mol. The van der Waals surface area contributed by atoms with Crippen molar-refractivity contribution in [3.05, 3.63) is 29.8 Å². The van der Waals surface area contributed by atoms with E-state index in [0.29, 0.717) is 12.0 Å². The summed E-state index contributed by atoms with van der Waals surface area (Å²) < 4.78 is 0. The van der Waals surface area contributed by atoms with Crippen LogP contribution in [0, 0.1) is 5.92 Å². The maximum atomic E-state index is 13.0. The normalized spacial score (nSPS) is 16.3. The number of phenolic OH excluding ortho intramolecular Hbond substituents is 1. The quantitative estimate of drug-likeness (QED) is 0.159. The molecule has 0 aliphatic carbocycles. The monoisotopic (exact) mass is 482 g/mol. The number of nitrogens with one attached hydrogen (secondary N) is 3. The zero-order valence-corrected chi connectivity index (χ0v) is 19.4. The van der Waals surface area contributed by atoms with E-state index in [4.69, 9.17) is 10.8 Å². The number of carboxylic acid groups (broad SMARTS) is 1. The Morgan fingerprint density at radius 1 is 0.941 bits per heavy atom. The second-order valence-corrected chi connectivity index (χ2v) is 8.16. The highest BCUT2D eigenvalue weighted by molar-refractivity contribution is 5.94. The van der Waals surface area contributed by atoms with E-state index in [0.717, 1.165) is 0 Å². The first-order valence-corrected chi connectivity index (χ1v) is 10.9. The van der Waals surface area contributed by atoms with Crippen molar-refractivity contribution in [2.45, 2.75) is 63.9 Å². The van der Waals surface area contributed by atoms with Crippen molar-refractivity contribution in [3.8, 4) is 5.75 Å². The number of carbonyl (C=O) groups is 4. The van der Waals surface area contributed by atoms with Gasteiger partial charge in [0.25, 0.3) is 0 Å². The number of hydrogen-bond donors (Lipinski definition) is 8. The Hall–Kier alpha value is -3.22. The van der Waals surface area contributed by atoms with Crippen LogP contribution in [0.4, 0.5) is 0 Å². The van der Waals surface area contributed by atoms with Crippen molar-refractivity contribution in [3.63, 3.8) is 0 Å². The number of rotatable bonds is 13. The lowest BCUT2D eigenvalue weighted by Crippen LogP contribution is -2.61. The van der Waals surface area contributed by atoms with Gasteiger partial charge >= 0.3 is 5.97 Å². The van der Waals surface area contributed by atoms with Gasteiger partial charge in [-0.25, -0.2) is 4.79 Å². The molecule has 1 rings (SSSR count). The molecule has 0 aliphatic rings. The van der Waals surface area contributed by atoms with Gasteiger partial charge in [-0.05, 0) is 30.5 Å². The number of aliphatic hydroxyl groups is 2. The maximum absolute atomic E-state index is 13.0. The molecule has 34 heavy (non-hydrogen) atoms. The second-order valence-electron chi connectivity index (χ2n) is 8.16. The molecular weight excluding hydrogens is 448 g/mol. The molecule has 12 heteroatoms. The summed E-state index contributed by atoms with van der Waals surface area (Å²) in [6, 6.07) is 0.600. The number of aromatic hydroxyl groups is 1. The van der Waals surface area contributed by atoms with Crippen LogP contribution in [-0.4, -0.2) is 81.0 Å². The van der Waals surface area contributed by atoms with Gasteiger partial charge in [0.2, 0.25) is 17.7 Å². The Bertz CT molecular complexity index is 846. The number of nitrogens with two attached hydrogens (primary N) is 1. The molecule has 0 fully saturated rings. The molecule has 0 aliphatic heterocycles. The maximum Gasteiger partial charge on any atom is 0.326 e. The fourth-order valence-electron chi connectivity index (χ4n) is 3.02. The van der Waals surface area contributed by atoms with E-state index < -0.39 is 66.5 Å². The van der Waals surface area contributed by atoms with E-state index in [1.165, 1.54) is 31.2 Å². The van der Waals surface area contributed by atoms with Gasteiger partial charge in [-0.3, -0.25) is 14.4 Å². The Labute approximate surface area is 197 Å². The SMILES string of the molecule is CCC(C)C(NC(=O)C(NC(=O)C(N)CO)C(C)O)C(=O)NC(Cc1ccc(O)cc1)C(=O)O. The molecule has 1 aromatic carbocycles. The zero-order valence-electron chi connectivity index (χ0n) is 19.4. The minimum Gasteiger partial charge on any atom is -0.508 e. The third kappa shape index (κ3) is 8.61. The van der Waals surface area contributed by atoms with Crippen LogP contribution in [-0.2, 0) is 25.6 Å². The molecule has 0 spiro atoms. The summed E-state index contributed by atoms with van der Waals surface area (Å²) in [5, 5.41) is 45.0. The minimum absolute atomic E-state index is 0.0129. The van der Waals surface area contributed by atoms with Crippen molar-refractivity contribution in [2.24, 2.45) is 11.7 Å². The Morgan fingerprint density at radius 3 is 1.94 bits per heavy atom. The van der Waals surface area contributed by atoms with E-state index in [2.05, 4.69) is 16.0 Å². The van der Waals surface area contributed by atoms with Gasteiger partial charge in [0.05, 0.1) is 12.7 Å². The summed E-state index contributed by atoms with van der Waals surface area (Å²) in [6.07, 6.45) is -0.958. The lowest BCUT2D eigenvalue weighted by molar-refractivity contribution is -0.142. The van der Waals surface area contributed by atoms with Gasteiger partial charge in [0.15, 0.2) is 0 Å². The van der Waals surface area contributed by atoms with E-state index in [1.807, 2.05) is 0 Å². The molecule has 190 valence electrons. The van der Waals surface area contributed by atoms with E-state index in [9.17, 15) is 34.5 Å². The van der Waals surface area contributed by atoms with Crippen molar-refractivity contribution in [2.75, 3.05) is 6.61 Å². The number of hydrogen-bond acceptors (Lipinski definition) is 8. The molecular formula is C22H34N4O8. The Balaban J connectivity index is 3.01. The molecule has 6 atom stereocenters. The summed E-state index contributed by atoms with van der Waals surface area (Å²) in [7, 11) is 0. The molecule has 9 N–H and O–H groups in total. The first-order valence-electron chi connectivity index (χ1n) is 10.9. The summed E-state index contributed by atoms with van der Waals surface area (Å²) in [5.74, 6) is -4.19. The standard InChI is InChI=1S/C22H34N4O8/c1-4-11(2)17(25-21(32)18(12(3)28)26-19(30)15(23)10-27)20(31)24-16(22(33)34)9-13-5-7-14(29)8-6-13/h5-8,11-12,15-18,27-29H,4,9-10,23H2,1-3H3,(H,24,31)(H,25,32)(H,26,30)(H,33,34). The van der Waals surface area contributed by atoms with E-state index in [-0.39, 0.29) is 12.2 Å². The van der Waals surface area contributed by atoms with E-state index >= 15 is 0 Å². The second kappa shape index (κ2) is 13.5. The van der Waals surface area contributed by atoms with Gasteiger partial charge in [0, 0.05) is 6.42 Å². The molecule has 0 aromatic heterocycles. The molecule has 0 heterocycles. The van der Waals surface area contributed by atoms with Crippen LogP contribution in [0.25, 0.3) is 0 Å². The van der Waals surface area contributed by atoms with Crippen LogP contribution >= 0.6 is 0 Å². The fourth-order valence-corrected chi connectivity index (χ4v) is 3.02. The highest BCUT2D eigenvalue weighted by Gasteiger charge is 2.34. The van der Waals surface area contributed by atoms with Crippen LogP contribution in [0.2, 0.25) is 0 Å². The largest absolute Gasteiger partial charge is 0.508 e. The van der Waals surface area contributed by atoms with Crippen molar-refractivity contribution >= 4 is 23.7 Å². The molecule has 12 nitrogen and oxygen atoms in total. The number of aliphatic hydroxyl groups excluding tert-OH is 2. The van der Waals surface area contributed by atoms with E-state index in [1.54, 1.807) is 13.8 Å². The smallest absolute Gasteiger partial charge is 0.326 e. The first-order chi connectivity index (χ1) is 15.9. The summed E-state index contributed by atoms with van der Waals surface area (Å²) in [6.45, 7) is 4.04. The van der Waals surface area contributed by atoms with Gasteiger partial charge in [-0.2, -0.15) is 0 Å². The number of aliphatic carboxylic acids is 1. The molecule has 6 unspecified atom stereocenters. The van der Waals surface area contributed by atoms with Crippen molar-refractivity contribution in [1.82, 2.24) is 16.0 Å². The third-order valence-corrected chi connectivity index (χ3v) is 5.38. The van der Waals surface area contributed by atoms with Crippen LogP contribution in [0.15, 0.2) is 24.3 Å². The number of carbonyl (C=O) groups excluding carboxylic acids is 3. The molecule has 0 bridgehead atoms. The summed E-state index contributed by atoms with van der Waals surface area (Å²) in [5.41, 5.74) is 5.99. The number of benzene rings is 1. The number of carboxylic acids is 1. The van der Waals surface area contributed by atoms with Crippen LogP contribution < -0.4 is 21.7 Å². The average Bonchev–Trinajstić information content (AvgIpc) is 2.79. The number of phenols is 1. The summed E-state index contributed by atoms with van der Waals surface area (Å²) >= 11 is 0. The molecule has 3 amide bonds.